The van der Waals surface area contributed by atoms with Crippen molar-refractivity contribution >= 4 is 32.4 Å². The van der Waals surface area contributed by atoms with Gasteiger partial charge in [0, 0.05) is 32.1 Å². The Balaban J connectivity index is 1.56. The molecule has 0 aliphatic carbocycles. The fraction of sp³-hybridized carbons (Fsp3) is 0.346. The summed E-state index contributed by atoms with van der Waals surface area (Å²) in [5.41, 5.74) is 4.40. The molecule has 5 rings (SSSR count). The number of hydrogen-bond donors (Lipinski definition) is 0. The number of fused-ring (bicyclic) bond motifs is 2. The molecule has 6 nitrogen and oxygen atoms in total. The number of hydrogen-bond acceptors (Lipinski definition) is 5. The number of thiophene rings is 1. The lowest BCUT2D eigenvalue weighted by Crippen LogP contribution is -2.35. The van der Waals surface area contributed by atoms with Gasteiger partial charge in [0.2, 0.25) is 10.0 Å². The fourth-order valence-corrected chi connectivity index (χ4v) is 6.70. The van der Waals surface area contributed by atoms with Crippen molar-refractivity contribution in [3.63, 3.8) is 0 Å². The van der Waals surface area contributed by atoms with Gasteiger partial charge in [-0.2, -0.15) is 0 Å². The first-order chi connectivity index (χ1) is 16.4. The number of aromatic nitrogens is 2. The van der Waals surface area contributed by atoms with Crippen LogP contribution in [0.25, 0.3) is 11.0 Å². The standard InChI is InChI=1S/C26H30N4O2S2/c1-4-14-30-23-11-10-20(34(31,32)28(2)3)17-22(23)27-25(30)18-29-15-12-24-21(13-16-33-24)26(29)19-8-6-5-7-9-19/h5-11,13,16-17,26H,4,12,14-15,18H2,1-3H3/t26-/m1/s1. The lowest BCUT2D eigenvalue weighted by molar-refractivity contribution is 0.198. The molecule has 1 aliphatic rings. The highest BCUT2D eigenvalue weighted by atomic mass is 32.2. The highest BCUT2D eigenvalue weighted by molar-refractivity contribution is 7.89. The van der Waals surface area contributed by atoms with Crippen LogP contribution in [0.2, 0.25) is 0 Å². The molecule has 0 saturated carbocycles. The van der Waals surface area contributed by atoms with Crippen LogP contribution in [-0.4, -0.2) is 47.8 Å². The van der Waals surface area contributed by atoms with E-state index in [2.05, 4.69) is 58.2 Å². The van der Waals surface area contributed by atoms with E-state index in [1.807, 2.05) is 17.4 Å². The maximum Gasteiger partial charge on any atom is 0.242 e. The van der Waals surface area contributed by atoms with Gasteiger partial charge in [-0.15, -0.1) is 11.3 Å². The number of imidazole rings is 1. The van der Waals surface area contributed by atoms with Crippen LogP contribution in [0.4, 0.5) is 0 Å². The highest BCUT2D eigenvalue weighted by Crippen LogP contribution is 2.38. The average molecular weight is 495 g/mol. The minimum absolute atomic E-state index is 0.191. The van der Waals surface area contributed by atoms with Crippen molar-refractivity contribution in [3.05, 3.63) is 81.8 Å². The second-order valence-electron chi connectivity index (χ2n) is 8.95. The van der Waals surface area contributed by atoms with E-state index in [0.29, 0.717) is 6.54 Å². The van der Waals surface area contributed by atoms with E-state index in [1.54, 1.807) is 26.2 Å². The molecule has 3 heterocycles. The number of rotatable bonds is 7. The Labute approximate surface area is 205 Å². The zero-order chi connectivity index (χ0) is 23.9. The Bertz CT molecular complexity index is 1410. The van der Waals surface area contributed by atoms with Gasteiger partial charge in [0.15, 0.2) is 0 Å². The summed E-state index contributed by atoms with van der Waals surface area (Å²) < 4.78 is 28.9. The Morgan fingerprint density at radius 1 is 1.12 bits per heavy atom. The van der Waals surface area contributed by atoms with Gasteiger partial charge < -0.3 is 4.57 Å². The SMILES string of the molecule is CCCn1c(CN2CCc3sccc3[C@H]2c2ccccc2)nc2cc(S(=O)(=O)N(C)C)ccc21. The van der Waals surface area contributed by atoms with Gasteiger partial charge >= 0.3 is 0 Å². The van der Waals surface area contributed by atoms with E-state index >= 15 is 0 Å². The zero-order valence-electron chi connectivity index (χ0n) is 19.8. The first kappa shape index (κ1) is 23.2. The number of nitrogens with zero attached hydrogens (tertiary/aromatic N) is 4. The lowest BCUT2D eigenvalue weighted by Gasteiger charge is -2.36. The molecule has 0 bridgehead atoms. The summed E-state index contributed by atoms with van der Waals surface area (Å²) in [6, 6.07) is 18.4. The van der Waals surface area contributed by atoms with Crippen LogP contribution < -0.4 is 0 Å². The summed E-state index contributed by atoms with van der Waals surface area (Å²) in [4.78, 5) is 9.22. The average Bonchev–Trinajstić information content (AvgIpc) is 3.44. The van der Waals surface area contributed by atoms with Gasteiger partial charge in [-0.3, -0.25) is 4.90 Å². The van der Waals surface area contributed by atoms with Crippen molar-refractivity contribution in [2.24, 2.45) is 0 Å². The summed E-state index contributed by atoms with van der Waals surface area (Å²) in [6.07, 6.45) is 2.02. The summed E-state index contributed by atoms with van der Waals surface area (Å²) in [5, 5.41) is 2.20. The van der Waals surface area contributed by atoms with Gasteiger partial charge in [0.05, 0.1) is 28.5 Å². The van der Waals surface area contributed by atoms with E-state index in [9.17, 15) is 8.42 Å². The molecule has 0 unspecified atom stereocenters. The Hall–Kier alpha value is -2.52. The largest absolute Gasteiger partial charge is 0.327 e. The normalized spacial score (nSPS) is 16.9. The molecule has 2 aromatic carbocycles. The Morgan fingerprint density at radius 3 is 2.65 bits per heavy atom. The van der Waals surface area contributed by atoms with Gasteiger partial charge in [-0.05, 0) is 53.6 Å². The van der Waals surface area contributed by atoms with Crippen molar-refractivity contribution < 1.29 is 8.42 Å². The van der Waals surface area contributed by atoms with Crippen molar-refractivity contribution in [3.8, 4) is 0 Å². The molecule has 34 heavy (non-hydrogen) atoms. The molecule has 0 amide bonds. The van der Waals surface area contributed by atoms with Crippen LogP contribution in [0.1, 0.15) is 41.2 Å². The van der Waals surface area contributed by atoms with Gasteiger partial charge in [-0.1, -0.05) is 37.3 Å². The molecular formula is C26H30N4O2S2. The maximum atomic E-state index is 12.7. The lowest BCUT2D eigenvalue weighted by atomic mass is 9.93. The van der Waals surface area contributed by atoms with Crippen LogP contribution in [0.3, 0.4) is 0 Å². The van der Waals surface area contributed by atoms with Gasteiger partial charge in [-0.25, -0.2) is 17.7 Å². The second-order valence-corrected chi connectivity index (χ2v) is 12.1. The molecule has 2 aromatic heterocycles. The highest BCUT2D eigenvalue weighted by Gasteiger charge is 2.31. The molecule has 1 atom stereocenters. The monoisotopic (exact) mass is 494 g/mol. The molecular weight excluding hydrogens is 464 g/mol. The van der Waals surface area contributed by atoms with E-state index in [1.165, 1.54) is 20.3 Å². The minimum Gasteiger partial charge on any atom is -0.327 e. The summed E-state index contributed by atoms with van der Waals surface area (Å²) in [5.74, 6) is 0.982. The smallest absolute Gasteiger partial charge is 0.242 e. The van der Waals surface area contributed by atoms with Crippen molar-refractivity contribution in [2.45, 2.75) is 43.8 Å². The van der Waals surface area contributed by atoms with E-state index in [4.69, 9.17) is 4.98 Å². The molecule has 0 spiro atoms. The van der Waals surface area contributed by atoms with E-state index in [-0.39, 0.29) is 10.9 Å². The summed E-state index contributed by atoms with van der Waals surface area (Å²) in [6.45, 7) is 4.67. The Morgan fingerprint density at radius 2 is 1.91 bits per heavy atom. The van der Waals surface area contributed by atoms with E-state index in [0.717, 1.165) is 42.8 Å². The summed E-state index contributed by atoms with van der Waals surface area (Å²) >= 11 is 1.85. The number of aryl methyl sites for hydroxylation is 1. The quantitative estimate of drug-likeness (QED) is 0.366. The third-order valence-electron chi connectivity index (χ3n) is 6.55. The number of sulfonamides is 1. The second kappa shape index (κ2) is 9.26. The topological polar surface area (TPSA) is 58.4 Å². The predicted octanol–water partition coefficient (Wildman–Crippen LogP) is 4.91. The maximum absolute atomic E-state index is 12.7. The van der Waals surface area contributed by atoms with Gasteiger partial charge in [0.25, 0.3) is 0 Å². The molecule has 4 aromatic rings. The zero-order valence-corrected chi connectivity index (χ0v) is 21.4. The first-order valence-corrected chi connectivity index (χ1v) is 14.0. The number of benzene rings is 2. The van der Waals surface area contributed by atoms with E-state index < -0.39 is 10.0 Å². The molecule has 1 aliphatic heterocycles. The molecule has 0 radical (unpaired) electrons. The van der Waals surface area contributed by atoms with Crippen LogP contribution in [0.5, 0.6) is 0 Å². The van der Waals surface area contributed by atoms with Crippen LogP contribution >= 0.6 is 11.3 Å². The Kier molecular flexibility index (Phi) is 6.33. The van der Waals surface area contributed by atoms with Gasteiger partial charge in [0.1, 0.15) is 5.82 Å². The third-order valence-corrected chi connectivity index (χ3v) is 9.36. The van der Waals surface area contributed by atoms with Crippen LogP contribution in [0.15, 0.2) is 64.9 Å². The molecule has 178 valence electrons. The summed E-state index contributed by atoms with van der Waals surface area (Å²) in [7, 11) is -0.399. The molecule has 0 saturated heterocycles. The van der Waals surface area contributed by atoms with Crippen LogP contribution in [0, 0.1) is 0 Å². The predicted molar refractivity (Wildman–Crippen MR) is 138 cm³/mol. The first-order valence-electron chi connectivity index (χ1n) is 11.7. The van der Waals surface area contributed by atoms with Crippen molar-refractivity contribution in [1.82, 2.24) is 18.8 Å². The van der Waals surface area contributed by atoms with Crippen molar-refractivity contribution in [2.75, 3.05) is 20.6 Å². The molecule has 0 fully saturated rings. The van der Waals surface area contributed by atoms with Crippen LogP contribution in [-0.2, 0) is 29.5 Å². The molecule has 8 heteroatoms. The van der Waals surface area contributed by atoms with Crippen molar-refractivity contribution in [1.29, 1.82) is 0 Å². The fourth-order valence-electron chi connectivity index (χ4n) is 4.87. The molecule has 0 N–H and O–H groups in total. The third kappa shape index (κ3) is 4.09. The minimum atomic E-state index is -3.51.